The van der Waals surface area contributed by atoms with Crippen molar-refractivity contribution in [3.05, 3.63) is 106 Å². The second-order valence-electron chi connectivity index (χ2n) is 8.75. The molecule has 1 aromatic heterocycles. The first-order valence-electron chi connectivity index (χ1n) is 11.7. The standard InChI is InChI=1S/C28H23Cl2N5O2/c29-22-6-8-26(9-7-22)37-27-12-20(4-5-21(27)14-31)16-34-19-32-15-25(34)17-33-10-11-35(28(36)18-33)24-3-1-2-23(30)13-24/h1-9,12-13,15,19H,10-11,16-18H2. The monoisotopic (exact) mass is 531 g/mol. The van der Waals surface area contributed by atoms with Crippen molar-refractivity contribution in [2.75, 3.05) is 24.5 Å². The number of hydrogen-bond acceptors (Lipinski definition) is 5. The van der Waals surface area contributed by atoms with Gasteiger partial charge in [-0.15, -0.1) is 0 Å². The van der Waals surface area contributed by atoms with Gasteiger partial charge >= 0.3 is 0 Å². The van der Waals surface area contributed by atoms with E-state index in [0.717, 1.165) is 23.5 Å². The number of nitrogens with zero attached hydrogens (tertiary/aromatic N) is 5. The lowest BCUT2D eigenvalue weighted by Gasteiger charge is -2.34. The van der Waals surface area contributed by atoms with Crippen LogP contribution >= 0.6 is 23.2 Å². The Morgan fingerprint density at radius 3 is 2.57 bits per heavy atom. The minimum Gasteiger partial charge on any atom is -0.456 e. The largest absolute Gasteiger partial charge is 0.456 e. The summed E-state index contributed by atoms with van der Waals surface area (Å²) >= 11 is 12.1. The second-order valence-corrected chi connectivity index (χ2v) is 9.62. The molecule has 186 valence electrons. The molecule has 0 unspecified atom stereocenters. The average molecular weight is 532 g/mol. The molecule has 0 N–H and O–H groups in total. The van der Waals surface area contributed by atoms with E-state index in [4.69, 9.17) is 27.9 Å². The third kappa shape index (κ3) is 5.95. The summed E-state index contributed by atoms with van der Waals surface area (Å²) in [4.78, 5) is 21.1. The molecule has 4 aromatic rings. The third-order valence-corrected chi connectivity index (χ3v) is 6.65. The van der Waals surface area contributed by atoms with Gasteiger partial charge in [-0.1, -0.05) is 35.3 Å². The quantitative estimate of drug-likeness (QED) is 0.303. The molecule has 2 heterocycles. The van der Waals surface area contributed by atoms with E-state index in [1.54, 1.807) is 47.6 Å². The lowest BCUT2D eigenvalue weighted by atomic mass is 10.1. The zero-order valence-electron chi connectivity index (χ0n) is 19.8. The Bertz CT molecular complexity index is 1460. The molecule has 1 aliphatic rings. The molecule has 0 radical (unpaired) electrons. The summed E-state index contributed by atoms with van der Waals surface area (Å²) < 4.78 is 8.01. The molecule has 0 bridgehead atoms. The fraction of sp³-hybridized carbons (Fsp3) is 0.179. The molecule has 1 aliphatic heterocycles. The minimum atomic E-state index is 0.0377. The number of piperazine rings is 1. The van der Waals surface area contributed by atoms with Gasteiger partial charge in [0, 0.05) is 48.1 Å². The Balaban J connectivity index is 1.26. The Hall–Kier alpha value is -3.83. The molecule has 1 fully saturated rings. The number of ether oxygens (including phenoxy) is 1. The molecule has 37 heavy (non-hydrogen) atoms. The number of rotatable bonds is 7. The molecule has 5 rings (SSSR count). The fourth-order valence-electron chi connectivity index (χ4n) is 4.29. The normalized spacial score (nSPS) is 14.0. The number of carbonyl (C=O) groups is 1. The van der Waals surface area contributed by atoms with Crippen LogP contribution < -0.4 is 9.64 Å². The van der Waals surface area contributed by atoms with Gasteiger partial charge in [0.15, 0.2) is 0 Å². The maximum atomic E-state index is 12.9. The molecule has 7 nitrogen and oxygen atoms in total. The zero-order valence-corrected chi connectivity index (χ0v) is 21.4. The first-order chi connectivity index (χ1) is 18.0. The Kier molecular flexibility index (Phi) is 7.42. The van der Waals surface area contributed by atoms with Crippen molar-refractivity contribution >= 4 is 34.8 Å². The highest BCUT2D eigenvalue weighted by Crippen LogP contribution is 2.28. The van der Waals surface area contributed by atoms with Crippen molar-refractivity contribution in [2.24, 2.45) is 0 Å². The SMILES string of the molecule is N#Cc1ccc(Cn2cncc2CN2CCN(c3cccc(Cl)c3)C(=O)C2)cc1Oc1ccc(Cl)cc1. The van der Waals surface area contributed by atoms with Crippen LogP contribution in [0, 0.1) is 11.3 Å². The number of halogens is 2. The van der Waals surface area contributed by atoms with Crippen LogP contribution in [0.3, 0.4) is 0 Å². The summed E-state index contributed by atoms with van der Waals surface area (Å²) in [5.41, 5.74) is 3.22. The molecule has 0 aliphatic carbocycles. The zero-order chi connectivity index (χ0) is 25.8. The van der Waals surface area contributed by atoms with Crippen molar-refractivity contribution in [3.63, 3.8) is 0 Å². The van der Waals surface area contributed by atoms with E-state index in [1.807, 2.05) is 41.1 Å². The molecule has 1 saturated heterocycles. The lowest BCUT2D eigenvalue weighted by molar-refractivity contribution is -0.121. The number of amides is 1. The van der Waals surface area contributed by atoms with E-state index in [9.17, 15) is 10.1 Å². The van der Waals surface area contributed by atoms with E-state index in [1.165, 1.54) is 0 Å². The number of nitriles is 1. The van der Waals surface area contributed by atoms with Crippen molar-refractivity contribution in [1.82, 2.24) is 14.5 Å². The predicted octanol–water partition coefficient (Wildman–Crippen LogP) is 5.75. The van der Waals surface area contributed by atoms with Gasteiger partial charge in [-0.2, -0.15) is 5.26 Å². The van der Waals surface area contributed by atoms with Gasteiger partial charge in [0.1, 0.15) is 17.6 Å². The Morgan fingerprint density at radius 1 is 0.973 bits per heavy atom. The summed E-state index contributed by atoms with van der Waals surface area (Å²) in [6.07, 6.45) is 3.60. The molecular weight excluding hydrogens is 509 g/mol. The topological polar surface area (TPSA) is 74.4 Å². The van der Waals surface area contributed by atoms with E-state index in [0.29, 0.717) is 53.3 Å². The van der Waals surface area contributed by atoms with Crippen LogP contribution in [-0.4, -0.2) is 40.0 Å². The van der Waals surface area contributed by atoms with E-state index >= 15 is 0 Å². The van der Waals surface area contributed by atoms with Crippen molar-refractivity contribution in [2.45, 2.75) is 13.1 Å². The highest BCUT2D eigenvalue weighted by Gasteiger charge is 2.26. The van der Waals surface area contributed by atoms with Gasteiger partial charge in [-0.25, -0.2) is 4.98 Å². The molecule has 9 heteroatoms. The molecule has 0 saturated carbocycles. The van der Waals surface area contributed by atoms with E-state index in [2.05, 4.69) is 16.0 Å². The first kappa shape index (κ1) is 24.8. The van der Waals surface area contributed by atoms with Crippen LogP contribution in [-0.2, 0) is 17.9 Å². The number of imidazole rings is 1. The van der Waals surface area contributed by atoms with Crippen molar-refractivity contribution in [1.29, 1.82) is 5.26 Å². The number of anilines is 1. The number of benzene rings is 3. The van der Waals surface area contributed by atoms with Gasteiger partial charge < -0.3 is 14.2 Å². The first-order valence-corrected chi connectivity index (χ1v) is 12.5. The van der Waals surface area contributed by atoms with Crippen LogP contribution in [0.4, 0.5) is 5.69 Å². The summed E-state index contributed by atoms with van der Waals surface area (Å²) in [5.74, 6) is 1.12. The Labute approximate surface area is 225 Å². The smallest absolute Gasteiger partial charge is 0.241 e. The van der Waals surface area contributed by atoms with E-state index in [-0.39, 0.29) is 5.91 Å². The van der Waals surface area contributed by atoms with Gasteiger partial charge in [0.25, 0.3) is 0 Å². The molecule has 0 atom stereocenters. The van der Waals surface area contributed by atoms with Gasteiger partial charge in [0.2, 0.25) is 5.91 Å². The van der Waals surface area contributed by atoms with E-state index < -0.39 is 0 Å². The van der Waals surface area contributed by atoms with Crippen molar-refractivity contribution in [3.8, 4) is 17.6 Å². The third-order valence-electron chi connectivity index (χ3n) is 6.16. The predicted molar refractivity (Wildman–Crippen MR) is 143 cm³/mol. The average Bonchev–Trinajstić information content (AvgIpc) is 3.32. The Morgan fingerprint density at radius 2 is 1.81 bits per heavy atom. The molecular formula is C28H23Cl2N5O2. The second kappa shape index (κ2) is 11.1. The highest BCUT2D eigenvalue weighted by molar-refractivity contribution is 6.31. The molecule has 1 amide bonds. The van der Waals surface area contributed by atoms with Crippen LogP contribution in [0.25, 0.3) is 0 Å². The maximum Gasteiger partial charge on any atom is 0.241 e. The molecule has 3 aromatic carbocycles. The van der Waals surface area contributed by atoms with Gasteiger partial charge in [0.05, 0.1) is 24.1 Å². The number of hydrogen-bond donors (Lipinski definition) is 0. The lowest BCUT2D eigenvalue weighted by Crippen LogP contribution is -2.50. The highest BCUT2D eigenvalue weighted by atomic mass is 35.5. The summed E-state index contributed by atoms with van der Waals surface area (Å²) in [7, 11) is 0. The number of carbonyl (C=O) groups excluding carboxylic acids is 1. The number of aromatic nitrogens is 2. The van der Waals surface area contributed by atoms with Crippen LogP contribution in [0.15, 0.2) is 79.3 Å². The van der Waals surface area contributed by atoms with Crippen LogP contribution in [0.5, 0.6) is 11.5 Å². The maximum absolute atomic E-state index is 12.9. The van der Waals surface area contributed by atoms with Gasteiger partial charge in [-0.3, -0.25) is 9.69 Å². The summed E-state index contributed by atoms with van der Waals surface area (Å²) in [6, 6.07) is 22.1. The van der Waals surface area contributed by atoms with Crippen LogP contribution in [0.2, 0.25) is 10.0 Å². The fourth-order valence-corrected chi connectivity index (χ4v) is 4.60. The summed E-state index contributed by atoms with van der Waals surface area (Å²) in [6.45, 7) is 2.79. The minimum absolute atomic E-state index is 0.0377. The summed E-state index contributed by atoms with van der Waals surface area (Å²) in [5, 5.41) is 10.8. The van der Waals surface area contributed by atoms with Crippen LogP contribution in [0.1, 0.15) is 16.8 Å². The van der Waals surface area contributed by atoms with Crippen molar-refractivity contribution < 1.29 is 9.53 Å². The van der Waals surface area contributed by atoms with Gasteiger partial charge in [-0.05, 0) is 60.2 Å². The molecule has 0 spiro atoms.